The van der Waals surface area contributed by atoms with Crippen molar-refractivity contribution < 1.29 is 18.7 Å². The first-order valence-corrected chi connectivity index (χ1v) is 6.52. The molecule has 0 spiro atoms. The second-order valence-electron chi connectivity index (χ2n) is 4.65. The molecule has 1 amide bonds. The zero-order valence-corrected chi connectivity index (χ0v) is 12.0. The van der Waals surface area contributed by atoms with Crippen molar-refractivity contribution in [2.45, 2.75) is 20.4 Å². The molecule has 0 unspecified atom stereocenters. The molecule has 0 radical (unpaired) electrons. The van der Waals surface area contributed by atoms with Gasteiger partial charge in [0.15, 0.2) is 17.4 Å². The Kier molecular flexibility index (Phi) is 5.88. The lowest BCUT2D eigenvalue weighted by Gasteiger charge is -2.23. The van der Waals surface area contributed by atoms with Gasteiger partial charge in [0.2, 0.25) is 5.91 Å². The van der Waals surface area contributed by atoms with Crippen LogP contribution in [0.15, 0.2) is 12.1 Å². The number of likely N-dealkylation sites (N-methyl/N-ethyl adjacent to an activating group) is 2. The molecule has 1 rings (SSSR count). The van der Waals surface area contributed by atoms with Gasteiger partial charge in [-0.2, -0.15) is 0 Å². The summed E-state index contributed by atoms with van der Waals surface area (Å²) >= 11 is 0. The fraction of sp³-hybridized carbons (Fsp3) is 0.500. The molecule has 0 atom stereocenters. The predicted molar refractivity (Wildman–Crippen MR) is 72.3 cm³/mol. The number of phenolic OH excluding ortho intramolecular Hbond substituents is 1. The maximum absolute atomic E-state index is 13.2. The van der Waals surface area contributed by atoms with E-state index in [2.05, 4.69) is 0 Å². The highest BCUT2D eigenvalue weighted by Crippen LogP contribution is 2.21. The molecule has 20 heavy (non-hydrogen) atoms. The van der Waals surface area contributed by atoms with Gasteiger partial charge in [0.1, 0.15) is 0 Å². The summed E-state index contributed by atoms with van der Waals surface area (Å²) in [5.41, 5.74) is 0.368. The van der Waals surface area contributed by atoms with Crippen LogP contribution in [0.4, 0.5) is 8.78 Å². The highest BCUT2D eigenvalue weighted by atomic mass is 19.1. The van der Waals surface area contributed by atoms with Crippen LogP contribution >= 0.6 is 0 Å². The summed E-state index contributed by atoms with van der Waals surface area (Å²) in [4.78, 5) is 15.3. The average molecular weight is 286 g/mol. The van der Waals surface area contributed by atoms with Crippen LogP contribution < -0.4 is 0 Å². The van der Waals surface area contributed by atoms with E-state index in [-0.39, 0.29) is 19.0 Å². The lowest BCUT2D eigenvalue weighted by atomic mass is 10.2. The number of phenols is 1. The minimum absolute atomic E-state index is 0.0303. The number of carbonyl (C=O) groups is 1. The van der Waals surface area contributed by atoms with E-state index in [0.717, 1.165) is 12.1 Å². The zero-order chi connectivity index (χ0) is 15.3. The maximum atomic E-state index is 13.2. The van der Waals surface area contributed by atoms with E-state index in [1.807, 2.05) is 13.8 Å². The molecule has 0 heterocycles. The third-order valence-corrected chi connectivity index (χ3v) is 3.05. The van der Waals surface area contributed by atoms with Gasteiger partial charge in [-0.3, -0.25) is 9.69 Å². The molecule has 0 bridgehead atoms. The molecule has 0 aliphatic heterocycles. The van der Waals surface area contributed by atoms with E-state index in [4.69, 9.17) is 5.11 Å². The normalized spacial score (nSPS) is 10.9. The Hall–Kier alpha value is -1.69. The van der Waals surface area contributed by atoms with E-state index in [0.29, 0.717) is 18.7 Å². The lowest BCUT2D eigenvalue weighted by Crippen LogP contribution is -2.38. The maximum Gasteiger partial charge on any atom is 0.236 e. The number of amides is 1. The van der Waals surface area contributed by atoms with E-state index < -0.39 is 17.4 Å². The van der Waals surface area contributed by atoms with Gasteiger partial charge >= 0.3 is 0 Å². The summed E-state index contributed by atoms with van der Waals surface area (Å²) in [6.45, 7) is 5.45. The minimum Gasteiger partial charge on any atom is -0.503 e. The summed E-state index contributed by atoms with van der Waals surface area (Å²) in [7, 11) is 1.70. The molecule has 0 aliphatic rings. The fourth-order valence-corrected chi connectivity index (χ4v) is 1.98. The first-order chi connectivity index (χ1) is 9.38. The van der Waals surface area contributed by atoms with Gasteiger partial charge < -0.3 is 10.0 Å². The number of benzene rings is 1. The molecule has 1 aromatic rings. The van der Waals surface area contributed by atoms with Crippen molar-refractivity contribution in [2.75, 3.05) is 26.7 Å². The van der Waals surface area contributed by atoms with Crippen LogP contribution in [0.3, 0.4) is 0 Å². The van der Waals surface area contributed by atoms with Crippen LogP contribution in [0.5, 0.6) is 5.75 Å². The average Bonchev–Trinajstić information content (AvgIpc) is 2.37. The Morgan fingerprint density at radius 2 is 1.70 bits per heavy atom. The molecule has 0 saturated heterocycles. The van der Waals surface area contributed by atoms with Gasteiger partial charge in [-0.25, -0.2) is 8.78 Å². The third-order valence-electron chi connectivity index (χ3n) is 3.05. The van der Waals surface area contributed by atoms with Crippen molar-refractivity contribution in [3.63, 3.8) is 0 Å². The predicted octanol–water partition coefficient (Wildman–Crippen LogP) is 1.97. The Bertz CT molecular complexity index is 453. The van der Waals surface area contributed by atoms with Gasteiger partial charge in [-0.05, 0) is 38.6 Å². The van der Waals surface area contributed by atoms with Crippen molar-refractivity contribution in [2.24, 2.45) is 0 Å². The van der Waals surface area contributed by atoms with Crippen molar-refractivity contribution in [1.29, 1.82) is 0 Å². The number of hydrogen-bond donors (Lipinski definition) is 1. The Labute approximate surface area is 117 Å². The number of aromatic hydroxyl groups is 1. The highest BCUT2D eigenvalue weighted by molar-refractivity contribution is 5.78. The van der Waals surface area contributed by atoms with Crippen LogP contribution in [0, 0.1) is 11.6 Å². The first kappa shape index (κ1) is 16.4. The van der Waals surface area contributed by atoms with E-state index in [9.17, 15) is 13.6 Å². The van der Waals surface area contributed by atoms with Crippen molar-refractivity contribution in [3.05, 3.63) is 29.3 Å². The van der Waals surface area contributed by atoms with Crippen molar-refractivity contribution in [1.82, 2.24) is 9.80 Å². The van der Waals surface area contributed by atoms with E-state index in [1.165, 1.54) is 0 Å². The third kappa shape index (κ3) is 4.16. The highest BCUT2D eigenvalue weighted by Gasteiger charge is 2.14. The molecule has 112 valence electrons. The molecule has 1 N–H and O–H groups in total. The molecular formula is C14H20F2N2O2. The lowest BCUT2D eigenvalue weighted by molar-refractivity contribution is -0.131. The van der Waals surface area contributed by atoms with E-state index >= 15 is 0 Å². The molecule has 0 aliphatic carbocycles. The molecule has 1 aromatic carbocycles. The number of halogens is 2. The Morgan fingerprint density at radius 1 is 1.20 bits per heavy atom. The summed E-state index contributed by atoms with van der Waals surface area (Å²) in [5, 5.41) is 9.02. The molecule has 0 fully saturated rings. The van der Waals surface area contributed by atoms with E-state index in [1.54, 1.807) is 16.8 Å². The largest absolute Gasteiger partial charge is 0.503 e. The summed E-state index contributed by atoms with van der Waals surface area (Å²) in [6.07, 6.45) is 0. The molecule has 0 aromatic heterocycles. The van der Waals surface area contributed by atoms with Crippen LogP contribution in [-0.4, -0.2) is 47.5 Å². The molecular weight excluding hydrogens is 266 g/mol. The van der Waals surface area contributed by atoms with Gasteiger partial charge in [0, 0.05) is 19.6 Å². The van der Waals surface area contributed by atoms with Crippen LogP contribution in [-0.2, 0) is 11.3 Å². The summed E-state index contributed by atoms with van der Waals surface area (Å²) in [6, 6.07) is 2.13. The van der Waals surface area contributed by atoms with Gasteiger partial charge in [-0.15, -0.1) is 0 Å². The van der Waals surface area contributed by atoms with Crippen molar-refractivity contribution in [3.8, 4) is 5.75 Å². The topological polar surface area (TPSA) is 43.8 Å². The SMILES string of the molecule is CCN(CC)C(=O)CN(C)Cc1cc(F)c(O)c(F)c1. The second-order valence-corrected chi connectivity index (χ2v) is 4.65. The quantitative estimate of drug-likeness (QED) is 0.869. The Balaban J connectivity index is 2.67. The number of hydrogen-bond acceptors (Lipinski definition) is 3. The molecule has 0 saturated carbocycles. The number of carbonyl (C=O) groups excluding carboxylic acids is 1. The second kappa shape index (κ2) is 7.19. The number of rotatable bonds is 6. The smallest absolute Gasteiger partial charge is 0.236 e. The van der Waals surface area contributed by atoms with Crippen LogP contribution in [0.25, 0.3) is 0 Å². The number of nitrogens with zero attached hydrogens (tertiary/aromatic N) is 2. The zero-order valence-electron chi connectivity index (χ0n) is 12.0. The van der Waals surface area contributed by atoms with Crippen LogP contribution in [0.2, 0.25) is 0 Å². The monoisotopic (exact) mass is 286 g/mol. The first-order valence-electron chi connectivity index (χ1n) is 6.52. The summed E-state index contributed by atoms with van der Waals surface area (Å²) < 4.78 is 26.4. The Morgan fingerprint density at radius 3 is 2.15 bits per heavy atom. The standard InChI is InChI=1S/C14H20F2N2O2/c1-4-18(5-2)13(19)9-17(3)8-10-6-11(15)14(20)12(16)7-10/h6-7,20H,4-5,8-9H2,1-3H3. The van der Waals surface area contributed by atoms with Gasteiger partial charge in [0.25, 0.3) is 0 Å². The molecule has 4 nitrogen and oxygen atoms in total. The fourth-order valence-electron chi connectivity index (χ4n) is 1.98. The minimum atomic E-state index is -0.997. The van der Waals surface area contributed by atoms with Crippen molar-refractivity contribution >= 4 is 5.91 Å². The molecule has 6 heteroatoms. The summed E-state index contributed by atoms with van der Waals surface area (Å²) in [5.74, 6) is -3.00. The van der Waals surface area contributed by atoms with Gasteiger partial charge in [-0.1, -0.05) is 0 Å². The van der Waals surface area contributed by atoms with Gasteiger partial charge in [0.05, 0.1) is 6.54 Å². The van der Waals surface area contributed by atoms with Crippen LogP contribution in [0.1, 0.15) is 19.4 Å².